The van der Waals surface area contributed by atoms with Crippen molar-refractivity contribution >= 4 is 39.6 Å². The molecule has 0 saturated carbocycles. The van der Waals surface area contributed by atoms with Crippen LogP contribution in [0.25, 0.3) is 38.8 Å². The molecule has 0 spiro atoms. The van der Waals surface area contributed by atoms with Gasteiger partial charge in [0.05, 0.1) is 47.3 Å². The molecule has 1 saturated heterocycles. The zero-order chi connectivity index (χ0) is 35.6. The summed E-state index contributed by atoms with van der Waals surface area (Å²) in [6, 6.07) is 11.6. The van der Waals surface area contributed by atoms with E-state index in [0.717, 1.165) is 17.2 Å². The smallest absolute Gasteiger partial charge is 0.418 e. The summed E-state index contributed by atoms with van der Waals surface area (Å²) in [7, 11) is 3.15. The number of carbonyl (C=O) groups is 2. The minimum atomic E-state index is -4.62. The molecule has 3 N–H and O–H groups in total. The van der Waals surface area contributed by atoms with Gasteiger partial charge >= 0.3 is 23.8 Å². The number of ether oxygens (including phenoxy) is 1. The van der Waals surface area contributed by atoms with Gasteiger partial charge in [0, 0.05) is 67.2 Å². The Hall–Kier alpha value is -5.70. The van der Waals surface area contributed by atoms with E-state index in [-0.39, 0.29) is 23.5 Å². The van der Waals surface area contributed by atoms with Crippen molar-refractivity contribution in [3.8, 4) is 22.6 Å². The van der Waals surface area contributed by atoms with Gasteiger partial charge in [-0.25, -0.2) is 14.4 Å². The summed E-state index contributed by atoms with van der Waals surface area (Å²) >= 11 is 0. The van der Waals surface area contributed by atoms with Crippen molar-refractivity contribution in [2.75, 3.05) is 25.1 Å². The molecule has 4 heterocycles. The van der Waals surface area contributed by atoms with E-state index in [2.05, 4.69) is 15.3 Å². The maximum Gasteiger partial charge on any atom is 0.418 e. The van der Waals surface area contributed by atoms with Gasteiger partial charge in [-0.05, 0) is 55.8 Å². The standard InChI is InChI=1S/C30H29F3N6O2.C4H4O4/c1-17-15-38(16-18(2)36-17)26-8-6-21(11-24(26)30(31,32)33)39-28-23-10-19(20-9-22(41-4)13-34-12-20)5-7-25(23)35-14-27(28)37(3)29(39)40;5-3(6)1-2-4(7)8/h5-14,17-18,36H,15-16H2,1-4H3;1-2H,(H,5,6)(H,7,8). The number of nitrogens with one attached hydrogen (secondary N) is 1. The van der Waals surface area contributed by atoms with Crippen LogP contribution in [-0.2, 0) is 22.8 Å². The lowest BCUT2D eigenvalue weighted by molar-refractivity contribution is -0.137. The number of aromatic nitrogens is 4. The molecule has 0 amide bonds. The van der Waals surface area contributed by atoms with Gasteiger partial charge in [0.2, 0.25) is 0 Å². The van der Waals surface area contributed by atoms with Crippen molar-refractivity contribution in [1.82, 2.24) is 24.4 Å². The minimum absolute atomic E-state index is 0.0352. The Morgan fingerprint density at radius 1 is 0.959 bits per heavy atom. The van der Waals surface area contributed by atoms with E-state index >= 15 is 0 Å². The number of hydrogen-bond acceptors (Lipinski definition) is 8. The minimum Gasteiger partial charge on any atom is -0.495 e. The second kappa shape index (κ2) is 13.8. The highest BCUT2D eigenvalue weighted by atomic mass is 19.4. The molecule has 2 atom stereocenters. The molecular formula is C34H33F3N6O6. The number of aliphatic carboxylic acids is 2. The van der Waals surface area contributed by atoms with Crippen LogP contribution in [0.2, 0.25) is 0 Å². The number of piperazine rings is 1. The SMILES string of the molecule is COc1cncc(-c2ccc3ncc4c(c3c2)n(-c2ccc(N3CC(C)NC(C)C3)c(C(F)(F)F)c2)c(=O)n4C)c1.O=C(O)C=CC(=O)O. The third kappa shape index (κ3) is 7.41. The third-order valence-electron chi connectivity index (χ3n) is 7.98. The largest absolute Gasteiger partial charge is 0.495 e. The lowest BCUT2D eigenvalue weighted by atomic mass is 10.0. The number of aryl methyl sites for hydroxylation is 1. The number of methoxy groups -OCH3 is 1. The molecule has 3 aromatic heterocycles. The summed E-state index contributed by atoms with van der Waals surface area (Å²) in [4.78, 5) is 43.2. The fraction of sp³-hybridized carbons (Fsp3) is 0.265. The number of fused-ring (bicyclic) bond motifs is 3. The molecule has 5 aromatic rings. The number of nitrogens with zero attached hydrogens (tertiary/aromatic N) is 5. The van der Waals surface area contributed by atoms with Gasteiger partial charge in [-0.15, -0.1) is 0 Å². The molecule has 1 fully saturated rings. The van der Waals surface area contributed by atoms with Crippen LogP contribution in [0.4, 0.5) is 18.9 Å². The summed E-state index contributed by atoms with van der Waals surface area (Å²) in [5.74, 6) is -1.93. The Labute approximate surface area is 277 Å². The fourth-order valence-electron chi connectivity index (χ4n) is 5.94. The number of pyridine rings is 2. The van der Waals surface area contributed by atoms with Gasteiger partial charge in [-0.2, -0.15) is 13.2 Å². The molecule has 0 aliphatic carbocycles. The number of hydrogen-bond donors (Lipinski definition) is 3. The van der Waals surface area contributed by atoms with Crippen LogP contribution in [0.15, 0.2) is 78.0 Å². The van der Waals surface area contributed by atoms with E-state index in [9.17, 15) is 27.6 Å². The average molecular weight is 679 g/mol. The van der Waals surface area contributed by atoms with Crippen LogP contribution in [0.1, 0.15) is 19.4 Å². The molecule has 2 aromatic carbocycles. The normalized spacial score (nSPS) is 16.5. The van der Waals surface area contributed by atoms with Crippen LogP contribution in [0, 0.1) is 0 Å². The van der Waals surface area contributed by atoms with Gasteiger partial charge in [0.1, 0.15) is 5.75 Å². The van der Waals surface area contributed by atoms with E-state index in [4.69, 9.17) is 14.9 Å². The van der Waals surface area contributed by atoms with Gasteiger partial charge in [0.15, 0.2) is 0 Å². The molecule has 1 aliphatic rings. The number of halogens is 3. The van der Waals surface area contributed by atoms with Crippen molar-refractivity contribution in [2.24, 2.45) is 7.05 Å². The summed E-state index contributed by atoms with van der Waals surface area (Å²) in [6.45, 7) is 4.79. The molecule has 2 unspecified atom stereocenters. The second-order valence-corrected chi connectivity index (χ2v) is 11.6. The number of carboxylic acid groups (broad SMARTS) is 2. The predicted octanol–water partition coefficient (Wildman–Crippen LogP) is 4.87. The predicted molar refractivity (Wildman–Crippen MR) is 177 cm³/mol. The third-order valence-corrected chi connectivity index (χ3v) is 7.98. The molecule has 12 nitrogen and oxygen atoms in total. The lowest BCUT2D eigenvalue weighted by Crippen LogP contribution is -2.54. The average Bonchev–Trinajstić information content (AvgIpc) is 3.32. The molecular weight excluding hydrogens is 645 g/mol. The first kappa shape index (κ1) is 34.6. The first-order valence-corrected chi connectivity index (χ1v) is 15.0. The Kier molecular flexibility index (Phi) is 9.75. The Bertz CT molecular complexity index is 2120. The summed E-state index contributed by atoms with van der Waals surface area (Å²) in [6.07, 6.45) is 1.37. The Balaban J connectivity index is 0.000000523. The molecule has 0 radical (unpaired) electrons. The monoisotopic (exact) mass is 678 g/mol. The number of imidazole rings is 1. The highest BCUT2D eigenvalue weighted by Gasteiger charge is 2.37. The highest BCUT2D eigenvalue weighted by molar-refractivity contribution is 6.04. The van der Waals surface area contributed by atoms with Crippen molar-refractivity contribution in [3.63, 3.8) is 0 Å². The van der Waals surface area contributed by atoms with Crippen LogP contribution in [0.3, 0.4) is 0 Å². The van der Waals surface area contributed by atoms with Crippen molar-refractivity contribution in [1.29, 1.82) is 0 Å². The van der Waals surface area contributed by atoms with Crippen LogP contribution in [-0.4, -0.2) is 73.5 Å². The molecule has 1 aliphatic heterocycles. The number of carboxylic acids is 2. The fourth-order valence-corrected chi connectivity index (χ4v) is 5.94. The quantitative estimate of drug-likeness (QED) is 0.212. The highest BCUT2D eigenvalue weighted by Crippen LogP contribution is 2.39. The van der Waals surface area contributed by atoms with Gasteiger partial charge < -0.3 is 25.2 Å². The number of rotatable bonds is 6. The van der Waals surface area contributed by atoms with Gasteiger partial charge in [-0.1, -0.05) is 6.07 Å². The van der Waals surface area contributed by atoms with E-state index < -0.39 is 29.4 Å². The van der Waals surface area contributed by atoms with Crippen LogP contribution in [0.5, 0.6) is 5.75 Å². The Morgan fingerprint density at radius 3 is 2.24 bits per heavy atom. The first-order chi connectivity index (χ1) is 23.2. The zero-order valence-corrected chi connectivity index (χ0v) is 26.9. The van der Waals surface area contributed by atoms with Crippen molar-refractivity contribution in [2.45, 2.75) is 32.1 Å². The van der Waals surface area contributed by atoms with E-state index in [0.29, 0.717) is 52.9 Å². The maximum absolute atomic E-state index is 14.5. The number of anilines is 1. The number of benzene rings is 2. The maximum atomic E-state index is 14.5. The summed E-state index contributed by atoms with van der Waals surface area (Å²) in [5.41, 5.74) is 2.17. The topological polar surface area (TPSA) is 152 Å². The molecule has 49 heavy (non-hydrogen) atoms. The van der Waals surface area contributed by atoms with E-state index in [1.165, 1.54) is 15.2 Å². The number of alkyl halides is 3. The van der Waals surface area contributed by atoms with Crippen molar-refractivity contribution in [3.05, 3.63) is 89.3 Å². The van der Waals surface area contributed by atoms with Gasteiger partial charge in [-0.3, -0.25) is 19.1 Å². The molecule has 15 heteroatoms. The molecule has 256 valence electrons. The van der Waals surface area contributed by atoms with Gasteiger partial charge in [0.25, 0.3) is 0 Å². The molecule has 6 rings (SSSR count). The van der Waals surface area contributed by atoms with E-state index in [1.54, 1.807) is 43.7 Å². The summed E-state index contributed by atoms with van der Waals surface area (Å²) in [5, 5.41) is 19.6. The second-order valence-electron chi connectivity index (χ2n) is 11.6. The Morgan fingerprint density at radius 2 is 1.63 bits per heavy atom. The van der Waals surface area contributed by atoms with Crippen LogP contribution >= 0.6 is 0 Å². The molecule has 0 bridgehead atoms. The summed E-state index contributed by atoms with van der Waals surface area (Å²) < 4.78 is 51.6. The first-order valence-electron chi connectivity index (χ1n) is 15.0. The van der Waals surface area contributed by atoms with Crippen molar-refractivity contribution < 1.29 is 37.7 Å². The van der Waals surface area contributed by atoms with E-state index in [1.807, 2.05) is 38.1 Å². The van der Waals surface area contributed by atoms with Crippen LogP contribution < -0.4 is 20.6 Å². The zero-order valence-electron chi connectivity index (χ0n) is 26.9. The lowest BCUT2D eigenvalue weighted by Gasteiger charge is -2.38.